The van der Waals surface area contributed by atoms with E-state index in [-0.39, 0.29) is 0 Å². The third-order valence-corrected chi connectivity index (χ3v) is 2.21. The van der Waals surface area contributed by atoms with E-state index in [1.165, 1.54) is 0 Å². The monoisotopic (exact) mass is 230 g/mol. The topological polar surface area (TPSA) is 118 Å². The molecule has 0 fully saturated rings. The van der Waals surface area contributed by atoms with E-state index in [9.17, 15) is 9.59 Å². The van der Waals surface area contributed by atoms with Crippen molar-refractivity contribution in [1.29, 1.82) is 0 Å². The highest BCUT2D eigenvalue weighted by Gasteiger charge is 2.18. The predicted octanol–water partition coefficient (Wildman–Crippen LogP) is -0.413. The zero-order valence-corrected chi connectivity index (χ0v) is 8.74. The van der Waals surface area contributed by atoms with Crippen LogP contribution in [-0.2, 0) is 9.59 Å². The van der Waals surface area contributed by atoms with Crippen molar-refractivity contribution >= 4 is 28.5 Å². The Morgan fingerprint density at radius 2 is 2.33 bits per heavy atom. The number of carbonyl (C=O) groups excluding carboxylic acids is 1. The maximum atomic E-state index is 11.3. The fourth-order valence-corrected chi connectivity index (χ4v) is 1.41. The molecule has 1 heterocycles. The Morgan fingerprint density at radius 3 is 2.80 bits per heavy atom. The lowest BCUT2D eigenvalue weighted by Gasteiger charge is -2.06. The van der Waals surface area contributed by atoms with Crippen molar-refractivity contribution in [2.45, 2.75) is 19.4 Å². The van der Waals surface area contributed by atoms with E-state index in [1.54, 1.807) is 6.92 Å². The van der Waals surface area contributed by atoms with Crippen LogP contribution in [0.5, 0.6) is 0 Å². The molecule has 1 amide bonds. The third kappa shape index (κ3) is 3.60. The molecule has 8 heteroatoms. The molecule has 0 spiro atoms. The number of aromatic nitrogens is 2. The van der Waals surface area contributed by atoms with Crippen LogP contribution in [-0.4, -0.2) is 32.4 Å². The van der Waals surface area contributed by atoms with Gasteiger partial charge in [0.1, 0.15) is 5.82 Å². The van der Waals surface area contributed by atoms with Crippen molar-refractivity contribution in [3.63, 3.8) is 0 Å². The largest absolute Gasteiger partial charge is 0.481 e. The molecule has 7 nitrogen and oxygen atoms in total. The normalized spacial score (nSPS) is 12.1. The molecule has 0 saturated carbocycles. The quantitative estimate of drug-likeness (QED) is 0.647. The van der Waals surface area contributed by atoms with Gasteiger partial charge < -0.3 is 10.8 Å². The van der Waals surface area contributed by atoms with Crippen molar-refractivity contribution in [3.05, 3.63) is 5.82 Å². The van der Waals surface area contributed by atoms with Crippen LogP contribution < -0.4 is 11.1 Å². The average molecular weight is 230 g/mol. The zero-order valence-electron chi connectivity index (χ0n) is 7.93. The lowest BCUT2D eigenvalue weighted by molar-refractivity contribution is -0.138. The molecule has 0 aliphatic heterocycles. The van der Waals surface area contributed by atoms with Gasteiger partial charge in [0.15, 0.2) is 0 Å². The van der Waals surface area contributed by atoms with Gasteiger partial charge in [0.05, 0.1) is 12.5 Å². The summed E-state index contributed by atoms with van der Waals surface area (Å²) < 4.78 is 3.85. The van der Waals surface area contributed by atoms with Gasteiger partial charge in [0, 0.05) is 11.5 Å². The Kier molecular flexibility index (Phi) is 3.69. The third-order valence-electron chi connectivity index (χ3n) is 1.49. The molecule has 0 bridgehead atoms. The minimum absolute atomic E-state index is 0.318. The number of anilines is 1. The molecule has 1 unspecified atom stereocenters. The highest BCUT2D eigenvalue weighted by atomic mass is 32.1. The van der Waals surface area contributed by atoms with Gasteiger partial charge >= 0.3 is 5.97 Å². The summed E-state index contributed by atoms with van der Waals surface area (Å²) in [5.41, 5.74) is 5.34. The summed E-state index contributed by atoms with van der Waals surface area (Å²) in [6, 6.07) is -1.08. The smallest absolute Gasteiger partial charge is 0.305 e. The molecule has 1 atom stereocenters. The van der Waals surface area contributed by atoms with E-state index in [2.05, 4.69) is 14.7 Å². The number of carboxylic acids is 1. The zero-order chi connectivity index (χ0) is 11.4. The summed E-state index contributed by atoms with van der Waals surface area (Å²) in [4.78, 5) is 25.5. The van der Waals surface area contributed by atoms with Gasteiger partial charge in [-0.25, -0.2) is 4.98 Å². The van der Waals surface area contributed by atoms with Crippen LogP contribution in [0.2, 0.25) is 0 Å². The molecule has 0 saturated heterocycles. The first-order valence-electron chi connectivity index (χ1n) is 4.07. The molecular weight excluding hydrogens is 220 g/mol. The van der Waals surface area contributed by atoms with Crippen LogP contribution in [0.1, 0.15) is 12.2 Å². The first-order valence-corrected chi connectivity index (χ1v) is 4.85. The van der Waals surface area contributed by atoms with Gasteiger partial charge in [0.2, 0.25) is 11.0 Å². The minimum Gasteiger partial charge on any atom is -0.481 e. The molecule has 15 heavy (non-hydrogen) atoms. The maximum absolute atomic E-state index is 11.3. The van der Waals surface area contributed by atoms with E-state index in [0.29, 0.717) is 11.0 Å². The first kappa shape index (κ1) is 11.5. The number of aryl methyl sites for hydroxylation is 1. The standard InChI is InChI=1S/C7H10N4O3S/c1-3-9-7(15-11-3)10-6(14)4(8)2-5(12)13/h4H,2,8H2,1H3,(H,12,13)(H,9,10,11,14). The first-order chi connectivity index (χ1) is 6.99. The fraction of sp³-hybridized carbons (Fsp3) is 0.429. The number of carboxylic acid groups (broad SMARTS) is 1. The molecule has 4 N–H and O–H groups in total. The number of carbonyl (C=O) groups is 2. The van der Waals surface area contributed by atoms with Gasteiger partial charge in [-0.2, -0.15) is 4.37 Å². The number of amides is 1. The number of aliphatic carboxylic acids is 1. The van der Waals surface area contributed by atoms with Crippen LogP contribution in [0.3, 0.4) is 0 Å². The number of hydrogen-bond acceptors (Lipinski definition) is 6. The highest BCUT2D eigenvalue weighted by molar-refractivity contribution is 7.09. The van der Waals surface area contributed by atoms with E-state index in [0.717, 1.165) is 11.5 Å². The summed E-state index contributed by atoms with van der Waals surface area (Å²) >= 11 is 1.02. The van der Waals surface area contributed by atoms with Crippen molar-refractivity contribution < 1.29 is 14.7 Å². The number of nitrogens with one attached hydrogen (secondary N) is 1. The SMILES string of the molecule is Cc1nsc(NC(=O)C(N)CC(=O)O)n1. The van der Waals surface area contributed by atoms with Gasteiger partial charge in [-0.1, -0.05) is 0 Å². The second-order valence-corrected chi connectivity index (χ2v) is 3.59. The summed E-state index contributed by atoms with van der Waals surface area (Å²) in [6.07, 6.45) is -0.413. The summed E-state index contributed by atoms with van der Waals surface area (Å²) in [5, 5.41) is 11.1. The molecule has 1 aromatic heterocycles. The van der Waals surface area contributed by atoms with E-state index in [1.807, 2.05) is 0 Å². The lowest BCUT2D eigenvalue weighted by atomic mass is 10.2. The number of hydrogen-bond donors (Lipinski definition) is 3. The Morgan fingerprint density at radius 1 is 1.67 bits per heavy atom. The van der Waals surface area contributed by atoms with Crippen LogP contribution in [0.25, 0.3) is 0 Å². The van der Waals surface area contributed by atoms with Crippen LogP contribution >= 0.6 is 11.5 Å². The van der Waals surface area contributed by atoms with Crippen LogP contribution in [0.4, 0.5) is 5.13 Å². The van der Waals surface area contributed by atoms with Crippen LogP contribution in [0, 0.1) is 6.92 Å². The molecule has 1 aromatic rings. The predicted molar refractivity (Wildman–Crippen MR) is 53.5 cm³/mol. The second-order valence-electron chi connectivity index (χ2n) is 2.84. The van der Waals surface area contributed by atoms with E-state index in [4.69, 9.17) is 10.8 Å². The summed E-state index contributed by atoms with van der Waals surface area (Å²) in [7, 11) is 0. The number of nitrogens with zero attached hydrogens (tertiary/aromatic N) is 2. The molecule has 0 aromatic carbocycles. The van der Waals surface area contributed by atoms with Crippen molar-refractivity contribution in [3.8, 4) is 0 Å². The highest BCUT2D eigenvalue weighted by Crippen LogP contribution is 2.10. The van der Waals surface area contributed by atoms with Crippen LogP contribution in [0.15, 0.2) is 0 Å². The van der Waals surface area contributed by atoms with Gasteiger partial charge in [-0.05, 0) is 6.92 Å². The van der Waals surface area contributed by atoms with Crippen molar-refractivity contribution in [2.75, 3.05) is 5.32 Å². The minimum atomic E-state index is -1.12. The average Bonchev–Trinajstić information content (AvgIpc) is 2.50. The molecule has 82 valence electrons. The fourth-order valence-electron chi connectivity index (χ4n) is 0.827. The molecule has 0 radical (unpaired) electrons. The Labute approximate surface area is 89.5 Å². The second kappa shape index (κ2) is 4.80. The molecule has 1 rings (SSSR count). The number of rotatable bonds is 4. The molecule has 0 aliphatic carbocycles. The Bertz CT molecular complexity index is 378. The Balaban J connectivity index is 2.52. The number of nitrogens with two attached hydrogens (primary N) is 1. The maximum Gasteiger partial charge on any atom is 0.305 e. The summed E-state index contributed by atoms with van der Waals surface area (Å²) in [5.74, 6) is -1.15. The lowest BCUT2D eigenvalue weighted by Crippen LogP contribution is -2.37. The summed E-state index contributed by atoms with van der Waals surface area (Å²) in [6.45, 7) is 1.68. The van der Waals surface area contributed by atoms with Gasteiger partial charge in [-0.3, -0.25) is 14.9 Å². The molecule has 0 aliphatic rings. The van der Waals surface area contributed by atoms with E-state index < -0.39 is 24.3 Å². The van der Waals surface area contributed by atoms with Gasteiger partial charge in [0.25, 0.3) is 0 Å². The van der Waals surface area contributed by atoms with Gasteiger partial charge in [-0.15, -0.1) is 0 Å². The molecular formula is C7H10N4O3S. The van der Waals surface area contributed by atoms with Crippen molar-refractivity contribution in [2.24, 2.45) is 5.73 Å². The Hall–Kier alpha value is -1.54. The van der Waals surface area contributed by atoms with E-state index >= 15 is 0 Å². The van der Waals surface area contributed by atoms with Crippen molar-refractivity contribution in [1.82, 2.24) is 9.36 Å².